The van der Waals surface area contributed by atoms with Crippen molar-refractivity contribution in [1.82, 2.24) is 20.5 Å². The van der Waals surface area contributed by atoms with Crippen molar-refractivity contribution in [3.05, 3.63) is 48.3 Å². The average Bonchev–Trinajstić information content (AvgIpc) is 3.01. The lowest BCUT2D eigenvalue weighted by Crippen LogP contribution is -2.32. The number of H-pyrrole nitrogens is 1. The normalized spacial score (nSPS) is 14.6. The van der Waals surface area contributed by atoms with Gasteiger partial charge in [0.1, 0.15) is 0 Å². The van der Waals surface area contributed by atoms with Crippen molar-refractivity contribution < 1.29 is 4.79 Å². The van der Waals surface area contributed by atoms with E-state index in [4.69, 9.17) is 0 Å². The molecule has 23 heavy (non-hydrogen) atoms. The Kier molecular flexibility index (Phi) is 3.54. The first kappa shape index (κ1) is 13.9. The number of hydrogen-bond donors (Lipinski definition) is 2. The van der Waals surface area contributed by atoms with E-state index in [-0.39, 0.29) is 5.91 Å². The third-order valence-corrected chi connectivity index (χ3v) is 4.53. The zero-order valence-corrected chi connectivity index (χ0v) is 12.7. The molecule has 1 aliphatic rings. The highest BCUT2D eigenvalue weighted by Gasteiger charge is 2.20. The predicted molar refractivity (Wildman–Crippen MR) is 89.0 cm³/mol. The van der Waals surface area contributed by atoms with Gasteiger partial charge >= 0.3 is 0 Å². The van der Waals surface area contributed by atoms with E-state index >= 15 is 0 Å². The first-order chi connectivity index (χ1) is 11.3. The van der Waals surface area contributed by atoms with Gasteiger partial charge in [-0.3, -0.25) is 14.9 Å². The quantitative estimate of drug-likeness (QED) is 0.778. The first-order valence-corrected chi connectivity index (χ1v) is 7.98. The third-order valence-electron chi connectivity index (χ3n) is 4.53. The van der Waals surface area contributed by atoms with Crippen LogP contribution in [0.1, 0.15) is 29.6 Å². The number of aromatic amines is 1. The average molecular weight is 306 g/mol. The highest BCUT2D eigenvalue weighted by Crippen LogP contribution is 2.27. The summed E-state index contributed by atoms with van der Waals surface area (Å²) < 4.78 is 0. The fourth-order valence-electron chi connectivity index (χ4n) is 2.95. The molecule has 0 atom stereocenters. The van der Waals surface area contributed by atoms with Crippen molar-refractivity contribution >= 4 is 16.8 Å². The lowest BCUT2D eigenvalue weighted by atomic mass is 9.85. The van der Waals surface area contributed by atoms with Crippen LogP contribution in [0.15, 0.2) is 42.7 Å². The maximum atomic E-state index is 12.6. The van der Waals surface area contributed by atoms with Crippen LogP contribution in [0.4, 0.5) is 0 Å². The molecule has 0 unspecified atom stereocenters. The van der Waals surface area contributed by atoms with Crippen LogP contribution in [0.3, 0.4) is 0 Å². The maximum Gasteiger partial charge on any atom is 0.253 e. The van der Waals surface area contributed by atoms with Crippen molar-refractivity contribution in [2.45, 2.75) is 19.3 Å². The van der Waals surface area contributed by atoms with E-state index < -0.39 is 0 Å². The number of carbonyl (C=O) groups is 1. The van der Waals surface area contributed by atoms with Gasteiger partial charge in [-0.05, 0) is 43.0 Å². The molecule has 2 N–H and O–H groups in total. The number of aromatic nitrogens is 3. The second kappa shape index (κ2) is 5.83. The van der Waals surface area contributed by atoms with Gasteiger partial charge in [-0.1, -0.05) is 12.5 Å². The molecule has 0 spiro atoms. The van der Waals surface area contributed by atoms with E-state index in [9.17, 15) is 4.79 Å². The van der Waals surface area contributed by atoms with Crippen molar-refractivity contribution in [2.24, 2.45) is 5.92 Å². The fourth-order valence-corrected chi connectivity index (χ4v) is 2.95. The number of nitrogens with zero attached hydrogens (tertiary/aromatic N) is 2. The highest BCUT2D eigenvalue weighted by molar-refractivity contribution is 6.07. The van der Waals surface area contributed by atoms with Crippen molar-refractivity contribution in [1.29, 1.82) is 0 Å². The summed E-state index contributed by atoms with van der Waals surface area (Å²) in [5.41, 5.74) is 3.17. The second-order valence-electron chi connectivity index (χ2n) is 6.08. The number of hydrogen-bond acceptors (Lipinski definition) is 3. The number of benzene rings is 1. The van der Waals surface area contributed by atoms with Gasteiger partial charge in [-0.25, -0.2) is 0 Å². The fraction of sp³-hybridized carbons (Fsp3) is 0.278. The maximum absolute atomic E-state index is 12.6. The molecule has 3 aromatic rings. The number of carbonyl (C=O) groups excluding carboxylic acids is 1. The van der Waals surface area contributed by atoms with Crippen LogP contribution in [0, 0.1) is 5.92 Å². The summed E-state index contributed by atoms with van der Waals surface area (Å²) in [4.78, 5) is 17.0. The van der Waals surface area contributed by atoms with Gasteiger partial charge < -0.3 is 5.32 Å². The van der Waals surface area contributed by atoms with Crippen molar-refractivity contribution in [3.63, 3.8) is 0 Å². The van der Waals surface area contributed by atoms with Gasteiger partial charge in [0, 0.05) is 23.7 Å². The van der Waals surface area contributed by atoms with Crippen LogP contribution < -0.4 is 5.32 Å². The lowest BCUT2D eigenvalue weighted by Gasteiger charge is -2.25. The Hall–Kier alpha value is -2.69. The van der Waals surface area contributed by atoms with Gasteiger partial charge in [0.2, 0.25) is 0 Å². The molecule has 0 saturated heterocycles. The van der Waals surface area contributed by atoms with Crippen LogP contribution in [-0.2, 0) is 0 Å². The van der Waals surface area contributed by atoms with Crippen molar-refractivity contribution in [2.75, 3.05) is 6.54 Å². The Morgan fingerprint density at radius 3 is 2.96 bits per heavy atom. The molecule has 2 heterocycles. The number of fused-ring (bicyclic) bond motifs is 1. The van der Waals surface area contributed by atoms with E-state index in [1.807, 2.05) is 30.3 Å². The Bertz CT molecular complexity index is 837. The molecular formula is C18H18N4O. The number of pyridine rings is 1. The molecule has 4 rings (SSSR count). The minimum absolute atomic E-state index is 0.0519. The summed E-state index contributed by atoms with van der Waals surface area (Å²) in [5, 5.41) is 11.0. The summed E-state index contributed by atoms with van der Waals surface area (Å²) in [6, 6.07) is 9.66. The Labute approximate surface area is 134 Å². The van der Waals surface area contributed by atoms with Crippen LogP contribution >= 0.6 is 0 Å². The SMILES string of the molecule is O=C(NCC1CCC1)c1cc(-c2ccccn2)cc2cn[nH]c12. The van der Waals surface area contributed by atoms with Crippen LogP contribution in [0.5, 0.6) is 0 Å². The van der Waals surface area contributed by atoms with Gasteiger partial charge in [0.15, 0.2) is 0 Å². The zero-order chi connectivity index (χ0) is 15.6. The van der Waals surface area contributed by atoms with Crippen LogP contribution in [0.25, 0.3) is 22.2 Å². The molecule has 1 aromatic carbocycles. The van der Waals surface area contributed by atoms with Gasteiger partial charge in [-0.15, -0.1) is 0 Å². The number of nitrogens with one attached hydrogen (secondary N) is 2. The minimum Gasteiger partial charge on any atom is -0.352 e. The van der Waals surface area contributed by atoms with Gasteiger partial charge in [0.25, 0.3) is 5.91 Å². The Morgan fingerprint density at radius 1 is 1.30 bits per heavy atom. The molecule has 0 aliphatic heterocycles. The topological polar surface area (TPSA) is 70.7 Å². The molecule has 1 aliphatic carbocycles. The molecule has 5 nitrogen and oxygen atoms in total. The molecule has 1 saturated carbocycles. The Morgan fingerprint density at radius 2 is 2.22 bits per heavy atom. The lowest BCUT2D eigenvalue weighted by molar-refractivity contribution is 0.0940. The summed E-state index contributed by atoms with van der Waals surface area (Å²) in [5.74, 6) is 0.583. The largest absolute Gasteiger partial charge is 0.352 e. The molecule has 5 heteroatoms. The third kappa shape index (κ3) is 2.70. The number of amides is 1. The second-order valence-corrected chi connectivity index (χ2v) is 6.08. The molecule has 2 aromatic heterocycles. The van der Waals surface area contributed by atoms with E-state index in [0.29, 0.717) is 11.5 Å². The van der Waals surface area contributed by atoms with E-state index in [0.717, 1.165) is 28.7 Å². The molecule has 0 bridgehead atoms. The summed E-state index contributed by atoms with van der Waals surface area (Å²) >= 11 is 0. The van der Waals surface area contributed by atoms with Crippen LogP contribution in [-0.4, -0.2) is 27.6 Å². The zero-order valence-electron chi connectivity index (χ0n) is 12.7. The van der Waals surface area contributed by atoms with Crippen LogP contribution in [0.2, 0.25) is 0 Å². The monoisotopic (exact) mass is 306 g/mol. The molecule has 1 amide bonds. The van der Waals surface area contributed by atoms with Gasteiger partial charge in [-0.2, -0.15) is 5.10 Å². The van der Waals surface area contributed by atoms with Gasteiger partial charge in [0.05, 0.1) is 23.0 Å². The van der Waals surface area contributed by atoms with E-state index in [1.54, 1.807) is 12.4 Å². The molecule has 0 radical (unpaired) electrons. The molecule has 116 valence electrons. The Balaban J connectivity index is 1.69. The molecule has 1 fully saturated rings. The smallest absolute Gasteiger partial charge is 0.253 e. The first-order valence-electron chi connectivity index (χ1n) is 7.98. The van der Waals surface area contributed by atoms with Crippen molar-refractivity contribution in [3.8, 4) is 11.3 Å². The minimum atomic E-state index is -0.0519. The van der Waals surface area contributed by atoms with E-state index in [2.05, 4.69) is 20.5 Å². The van der Waals surface area contributed by atoms with E-state index in [1.165, 1.54) is 19.3 Å². The summed E-state index contributed by atoms with van der Waals surface area (Å²) in [6.07, 6.45) is 7.21. The predicted octanol–water partition coefficient (Wildman–Crippen LogP) is 3.15. The summed E-state index contributed by atoms with van der Waals surface area (Å²) in [6.45, 7) is 0.752. The standard InChI is InChI=1S/C18H18N4O/c23-18(20-10-12-4-3-5-12)15-9-13(16-6-1-2-7-19-16)8-14-11-21-22-17(14)15/h1-2,6-9,11-12H,3-5,10H2,(H,20,23)(H,21,22). The summed E-state index contributed by atoms with van der Waals surface area (Å²) in [7, 11) is 0. The highest BCUT2D eigenvalue weighted by atomic mass is 16.1. The molecular weight excluding hydrogens is 288 g/mol. The number of rotatable bonds is 4.